The molecular formula is C22H30N2O3. The van der Waals surface area contributed by atoms with Gasteiger partial charge in [0.15, 0.2) is 5.76 Å². The van der Waals surface area contributed by atoms with Crippen molar-refractivity contribution in [3.63, 3.8) is 0 Å². The topological polar surface area (TPSA) is 53.8 Å². The van der Waals surface area contributed by atoms with Crippen LogP contribution in [-0.4, -0.2) is 47.8 Å². The first kappa shape index (κ1) is 19.5. The molecule has 1 aromatic heterocycles. The number of amides is 2. The summed E-state index contributed by atoms with van der Waals surface area (Å²) in [6.07, 6.45) is 1.69. The van der Waals surface area contributed by atoms with E-state index >= 15 is 0 Å². The lowest BCUT2D eigenvalue weighted by molar-refractivity contribution is -0.136. The molecule has 1 aliphatic heterocycles. The number of piperidine rings is 1. The molecule has 1 fully saturated rings. The molecule has 146 valence electrons. The third kappa shape index (κ3) is 3.47. The highest BCUT2D eigenvalue weighted by Gasteiger charge is 2.32. The first-order valence-corrected chi connectivity index (χ1v) is 9.96. The summed E-state index contributed by atoms with van der Waals surface area (Å²) in [5.74, 6) is 0.356. The van der Waals surface area contributed by atoms with E-state index < -0.39 is 0 Å². The lowest BCUT2D eigenvalue weighted by atomic mass is 9.96. The molecule has 2 amide bonds. The zero-order chi connectivity index (χ0) is 19.7. The molecule has 27 heavy (non-hydrogen) atoms. The van der Waals surface area contributed by atoms with Gasteiger partial charge in [0.1, 0.15) is 5.58 Å². The molecule has 1 saturated heterocycles. The Morgan fingerprint density at radius 3 is 2.52 bits per heavy atom. The van der Waals surface area contributed by atoms with Crippen molar-refractivity contribution >= 4 is 22.8 Å². The number of hydrogen-bond donors (Lipinski definition) is 0. The fraction of sp³-hybridized carbons (Fsp3) is 0.545. The van der Waals surface area contributed by atoms with E-state index in [0.717, 1.165) is 40.5 Å². The summed E-state index contributed by atoms with van der Waals surface area (Å²) in [6, 6.07) is 4.09. The molecule has 5 heteroatoms. The van der Waals surface area contributed by atoms with Crippen LogP contribution >= 0.6 is 0 Å². The van der Waals surface area contributed by atoms with Crippen molar-refractivity contribution in [3.05, 3.63) is 34.6 Å². The van der Waals surface area contributed by atoms with Crippen LogP contribution in [0.3, 0.4) is 0 Å². The van der Waals surface area contributed by atoms with Crippen LogP contribution in [0.1, 0.15) is 53.9 Å². The highest BCUT2D eigenvalue weighted by molar-refractivity contribution is 6.00. The molecule has 5 nitrogen and oxygen atoms in total. The van der Waals surface area contributed by atoms with E-state index in [9.17, 15) is 9.59 Å². The minimum Gasteiger partial charge on any atom is -0.450 e. The number of benzene rings is 1. The van der Waals surface area contributed by atoms with Crippen molar-refractivity contribution in [1.82, 2.24) is 9.80 Å². The second-order valence-electron chi connectivity index (χ2n) is 7.54. The summed E-state index contributed by atoms with van der Waals surface area (Å²) in [5.41, 5.74) is 3.90. The average molecular weight is 370 g/mol. The first-order valence-electron chi connectivity index (χ1n) is 9.96. The van der Waals surface area contributed by atoms with Gasteiger partial charge in [0.05, 0.1) is 5.92 Å². The van der Waals surface area contributed by atoms with Gasteiger partial charge in [-0.05, 0) is 58.6 Å². The number of likely N-dealkylation sites (tertiary alicyclic amines) is 1. The first-order chi connectivity index (χ1) is 12.9. The number of hydrogen-bond acceptors (Lipinski definition) is 3. The predicted octanol–water partition coefficient (Wildman–Crippen LogP) is 4.08. The summed E-state index contributed by atoms with van der Waals surface area (Å²) in [7, 11) is 0. The second-order valence-corrected chi connectivity index (χ2v) is 7.54. The fourth-order valence-corrected chi connectivity index (χ4v) is 4.02. The minimum absolute atomic E-state index is 0.0993. The van der Waals surface area contributed by atoms with Gasteiger partial charge >= 0.3 is 0 Å². The zero-order valence-corrected chi connectivity index (χ0v) is 17.1. The normalized spacial score (nSPS) is 17.4. The van der Waals surface area contributed by atoms with Crippen LogP contribution in [0.2, 0.25) is 0 Å². The van der Waals surface area contributed by atoms with Crippen molar-refractivity contribution in [1.29, 1.82) is 0 Å². The lowest BCUT2D eigenvalue weighted by Gasteiger charge is -2.34. The Labute approximate surface area is 161 Å². The maximum Gasteiger partial charge on any atom is 0.289 e. The minimum atomic E-state index is -0.115. The zero-order valence-electron chi connectivity index (χ0n) is 17.1. The number of fused-ring (bicyclic) bond motifs is 1. The van der Waals surface area contributed by atoms with Crippen LogP contribution in [-0.2, 0) is 4.79 Å². The summed E-state index contributed by atoms with van der Waals surface area (Å²) in [4.78, 5) is 29.5. The SMILES string of the molecule is CCN(CC)C(=O)[C@H]1CCCN(C(=O)c2oc3c(C)c(C)ccc3c2C)C1. The van der Waals surface area contributed by atoms with Crippen molar-refractivity contribution in [3.8, 4) is 0 Å². The summed E-state index contributed by atoms with van der Waals surface area (Å²) >= 11 is 0. The van der Waals surface area contributed by atoms with Gasteiger partial charge in [-0.1, -0.05) is 12.1 Å². The predicted molar refractivity (Wildman–Crippen MR) is 107 cm³/mol. The molecule has 0 aliphatic carbocycles. The standard InChI is InChI=1S/C22H30N2O3/c1-6-23(7-2)21(25)17-9-8-12-24(13-17)22(26)20-16(5)18-11-10-14(3)15(4)19(18)27-20/h10-11,17H,6-9,12-13H2,1-5H3/t17-/m0/s1. The Morgan fingerprint density at radius 1 is 1.15 bits per heavy atom. The van der Waals surface area contributed by atoms with Gasteiger partial charge in [0.25, 0.3) is 5.91 Å². The summed E-state index contributed by atoms with van der Waals surface area (Å²) in [6.45, 7) is 12.6. The molecular weight excluding hydrogens is 340 g/mol. The van der Waals surface area contributed by atoms with Gasteiger partial charge in [0.2, 0.25) is 5.91 Å². The van der Waals surface area contributed by atoms with Crippen LogP contribution in [0.4, 0.5) is 0 Å². The van der Waals surface area contributed by atoms with Crippen LogP contribution in [0.5, 0.6) is 0 Å². The van der Waals surface area contributed by atoms with Crippen LogP contribution < -0.4 is 0 Å². The Hall–Kier alpha value is -2.30. The summed E-state index contributed by atoms with van der Waals surface area (Å²) in [5, 5.41) is 0.995. The molecule has 0 bridgehead atoms. The molecule has 2 heterocycles. The Kier molecular flexibility index (Phi) is 5.59. The number of aryl methyl sites for hydroxylation is 3. The molecule has 2 aromatic rings. The van der Waals surface area contributed by atoms with Crippen molar-refractivity contribution in [2.24, 2.45) is 5.92 Å². The number of rotatable bonds is 4. The molecule has 1 aromatic carbocycles. The van der Waals surface area contributed by atoms with E-state index in [1.807, 2.05) is 45.6 Å². The third-order valence-corrected chi connectivity index (χ3v) is 5.95. The molecule has 0 spiro atoms. The molecule has 0 N–H and O–H groups in total. The van der Waals surface area contributed by atoms with Crippen molar-refractivity contribution in [2.75, 3.05) is 26.2 Å². The smallest absolute Gasteiger partial charge is 0.289 e. The Morgan fingerprint density at radius 2 is 1.85 bits per heavy atom. The van der Waals surface area contributed by atoms with Crippen molar-refractivity contribution < 1.29 is 14.0 Å². The van der Waals surface area contributed by atoms with Gasteiger partial charge in [-0.3, -0.25) is 9.59 Å². The van der Waals surface area contributed by atoms with Crippen LogP contribution in [0.25, 0.3) is 11.0 Å². The molecule has 0 saturated carbocycles. The second kappa shape index (κ2) is 7.75. The maximum absolute atomic E-state index is 13.2. The molecule has 1 aliphatic rings. The van der Waals surface area contributed by atoms with Crippen LogP contribution in [0.15, 0.2) is 16.5 Å². The van der Waals surface area contributed by atoms with E-state index in [1.54, 1.807) is 4.90 Å². The van der Waals surface area contributed by atoms with Gasteiger partial charge in [0, 0.05) is 37.1 Å². The van der Waals surface area contributed by atoms with Gasteiger partial charge in [-0.2, -0.15) is 0 Å². The van der Waals surface area contributed by atoms with Gasteiger partial charge in [-0.15, -0.1) is 0 Å². The maximum atomic E-state index is 13.2. The van der Waals surface area contributed by atoms with Crippen LogP contribution in [0, 0.1) is 26.7 Å². The van der Waals surface area contributed by atoms with Gasteiger partial charge in [-0.25, -0.2) is 0 Å². The highest BCUT2D eigenvalue weighted by Crippen LogP contribution is 2.31. The van der Waals surface area contributed by atoms with E-state index in [0.29, 0.717) is 31.9 Å². The summed E-state index contributed by atoms with van der Waals surface area (Å²) < 4.78 is 6.02. The molecule has 0 unspecified atom stereocenters. The quantitative estimate of drug-likeness (QED) is 0.815. The monoisotopic (exact) mass is 370 g/mol. The molecule has 1 atom stereocenters. The number of furan rings is 1. The van der Waals surface area contributed by atoms with E-state index in [-0.39, 0.29) is 17.7 Å². The Bertz CT molecular complexity index is 864. The van der Waals surface area contributed by atoms with E-state index in [2.05, 4.69) is 6.07 Å². The van der Waals surface area contributed by atoms with E-state index in [4.69, 9.17) is 4.42 Å². The van der Waals surface area contributed by atoms with Crippen molar-refractivity contribution in [2.45, 2.75) is 47.5 Å². The Balaban J connectivity index is 1.85. The largest absolute Gasteiger partial charge is 0.450 e. The molecule has 0 radical (unpaired) electrons. The number of carbonyl (C=O) groups excluding carboxylic acids is 2. The average Bonchev–Trinajstić information content (AvgIpc) is 3.02. The van der Waals surface area contributed by atoms with Gasteiger partial charge < -0.3 is 14.2 Å². The lowest BCUT2D eigenvalue weighted by Crippen LogP contribution is -2.46. The van der Waals surface area contributed by atoms with E-state index in [1.165, 1.54) is 0 Å². The highest BCUT2D eigenvalue weighted by atomic mass is 16.3. The number of carbonyl (C=O) groups is 2. The number of nitrogens with zero attached hydrogens (tertiary/aromatic N) is 2. The fourth-order valence-electron chi connectivity index (χ4n) is 4.02. The third-order valence-electron chi connectivity index (χ3n) is 5.95. The molecule has 3 rings (SSSR count).